The third kappa shape index (κ3) is 7.10. The highest BCUT2D eigenvalue weighted by molar-refractivity contribution is 7.99. The number of nitrogens with zero attached hydrogens (tertiary/aromatic N) is 3. The fraction of sp³-hybridized carbons (Fsp3) is 0.412. The second-order valence-corrected chi connectivity index (χ2v) is 8.12. The second-order valence-electron chi connectivity index (χ2n) is 6.74. The molecule has 1 aromatic heterocycles. The SMILES string of the molecule is Cn1c(COc2ccc(Cl)cc2)nnc1SCC(=O)NC(=O)NC(C)(C)C. The van der Waals surface area contributed by atoms with Crippen molar-refractivity contribution in [1.82, 2.24) is 25.4 Å². The number of benzene rings is 1. The molecule has 0 saturated heterocycles. The van der Waals surface area contributed by atoms with E-state index in [1.54, 1.807) is 35.9 Å². The van der Waals surface area contributed by atoms with Crippen LogP contribution >= 0.6 is 23.4 Å². The van der Waals surface area contributed by atoms with E-state index in [2.05, 4.69) is 20.8 Å². The highest BCUT2D eigenvalue weighted by Gasteiger charge is 2.17. The maximum atomic E-state index is 11.9. The molecule has 0 radical (unpaired) electrons. The van der Waals surface area contributed by atoms with Crippen LogP contribution in [0.3, 0.4) is 0 Å². The normalized spacial score (nSPS) is 11.1. The summed E-state index contributed by atoms with van der Waals surface area (Å²) in [6.45, 7) is 5.73. The molecule has 2 aromatic rings. The van der Waals surface area contributed by atoms with Crippen molar-refractivity contribution in [3.05, 3.63) is 35.1 Å². The monoisotopic (exact) mass is 411 g/mol. The summed E-state index contributed by atoms with van der Waals surface area (Å²) in [5.74, 6) is 0.907. The van der Waals surface area contributed by atoms with Crippen molar-refractivity contribution in [2.45, 2.75) is 38.1 Å². The smallest absolute Gasteiger partial charge is 0.321 e. The molecule has 0 fully saturated rings. The van der Waals surface area contributed by atoms with Crippen molar-refractivity contribution in [2.75, 3.05) is 5.75 Å². The van der Waals surface area contributed by atoms with Crippen LogP contribution in [0.1, 0.15) is 26.6 Å². The van der Waals surface area contributed by atoms with Crippen LogP contribution in [0.15, 0.2) is 29.4 Å². The Balaban J connectivity index is 1.83. The van der Waals surface area contributed by atoms with Crippen LogP contribution in [0.2, 0.25) is 5.02 Å². The molecular weight excluding hydrogens is 390 g/mol. The second kappa shape index (κ2) is 9.09. The summed E-state index contributed by atoms with van der Waals surface area (Å²) in [4.78, 5) is 23.6. The molecule has 2 N–H and O–H groups in total. The lowest BCUT2D eigenvalue weighted by Gasteiger charge is -2.20. The Kier molecular flexibility index (Phi) is 7.09. The van der Waals surface area contributed by atoms with E-state index < -0.39 is 17.5 Å². The highest BCUT2D eigenvalue weighted by Crippen LogP contribution is 2.18. The van der Waals surface area contributed by atoms with Gasteiger partial charge in [0.25, 0.3) is 0 Å². The number of ether oxygens (including phenoxy) is 1. The number of rotatable bonds is 6. The van der Waals surface area contributed by atoms with Crippen molar-refractivity contribution >= 4 is 35.3 Å². The molecule has 1 aromatic carbocycles. The zero-order chi connectivity index (χ0) is 20.0. The van der Waals surface area contributed by atoms with Crippen molar-refractivity contribution in [3.8, 4) is 5.75 Å². The summed E-state index contributed by atoms with van der Waals surface area (Å²) in [5.41, 5.74) is -0.417. The Morgan fingerprint density at radius 2 is 1.89 bits per heavy atom. The van der Waals surface area contributed by atoms with Gasteiger partial charge in [-0.1, -0.05) is 23.4 Å². The number of nitrogens with one attached hydrogen (secondary N) is 2. The van der Waals surface area contributed by atoms with Crippen LogP contribution in [0.25, 0.3) is 0 Å². The Labute approximate surface area is 167 Å². The van der Waals surface area contributed by atoms with Gasteiger partial charge in [-0.25, -0.2) is 4.79 Å². The van der Waals surface area contributed by atoms with Crippen molar-refractivity contribution in [1.29, 1.82) is 0 Å². The van der Waals surface area contributed by atoms with Gasteiger partial charge in [0.1, 0.15) is 12.4 Å². The molecule has 0 aliphatic rings. The minimum Gasteiger partial charge on any atom is -0.486 e. The van der Waals surface area contributed by atoms with Crippen LogP contribution in [0, 0.1) is 0 Å². The van der Waals surface area contributed by atoms with Gasteiger partial charge < -0.3 is 14.6 Å². The van der Waals surface area contributed by atoms with Gasteiger partial charge >= 0.3 is 6.03 Å². The lowest BCUT2D eigenvalue weighted by molar-refractivity contribution is -0.117. The Morgan fingerprint density at radius 3 is 2.52 bits per heavy atom. The molecule has 8 nitrogen and oxygen atoms in total. The first-order valence-electron chi connectivity index (χ1n) is 8.15. The Bertz CT molecular complexity index is 802. The van der Waals surface area contributed by atoms with Crippen LogP contribution in [-0.4, -0.2) is 38.0 Å². The fourth-order valence-corrected chi connectivity index (χ4v) is 2.80. The van der Waals surface area contributed by atoms with Gasteiger partial charge in [-0.2, -0.15) is 0 Å². The predicted octanol–water partition coefficient (Wildman–Crippen LogP) is 2.76. The molecule has 3 amide bonds. The van der Waals surface area contributed by atoms with Gasteiger partial charge in [0, 0.05) is 17.6 Å². The largest absolute Gasteiger partial charge is 0.486 e. The molecule has 0 atom stereocenters. The fourth-order valence-electron chi connectivity index (χ4n) is 1.94. The van der Waals surface area contributed by atoms with Gasteiger partial charge in [0.15, 0.2) is 11.0 Å². The third-order valence-corrected chi connectivity index (χ3v) is 4.45. The predicted molar refractivity (Wildman–Crippen MR) is 104 cm³/mol. The lowest BCUT2D eigenvalue weighted by atomic mass is 10.1. The summed E-state index contributed by atoms with van der Waals surface area (Å²) in [6, 6.07) is 6.48. The van der Waals surface area contributed by atoms with Crippen LogP contribution in [0.4, 0.5) is 4.79 Å². The quantitative estimate of drug-likeness (QED) is 0.709. The number of carbonyl (C=O) groups is 2. The van der Waals surface area contributed by atoms with Crippen molar-refractivity contribution in [3.63, 3.8) is 0 Å². The number of hydrogen-bond acceptors (Lipinski definition) is 6. The van der Waals surface area contributed by atoms with Crippen LogP contribution in [0.5, 0.6) is 5.75 Å². The molecule has 27 heavy (non-hydrogen) atoms. The number of hydrogen-bond donors (Lipinski definition) is 2. The highest BCUT2D eigenvalue weighted by atomic mass is 35.5. The average molecular weight is 412 g/mol. The molecule has 0 aliphatic heterocycles. The molecule has 0 spiro atoms. The number of urea groups is 1. The van der Waals surface area contributed by atoms with Gasteiger partial charge in [-0.15, -0.1) is 10.2 Å². The van der Waals surface area contributed by atoms with Gasteiger partial charge in [-0.05, 0) is 45.0 Å². The summed E-state index contributed by atoms with van der Waals surface area (Å²) < 4.78 is 7.38. The molecule has 0 bridgehead atoms. The van der Waals surface area contributed by atoms with E-state index in [-0.39, 0.29) is 12.4 Å². The molecule has 0 saturated carbocycles. The van der Waals surface area contributed by atoms with Crippen molar-refractivity contribution < 1.29 is 14.3 Å². The number of thioether (sulfide) groups is 1. The van der Waals surface area contributed by atoms with E-state index in [1.807, 2.05) is 20.8 Å². The topological polar surface area (TPSA) is 98.1 Å². The van der Waals surface area contributed by atoms with E-state index in [0.29, 0.717) is 21.8 Å². The molecule has 0 aliphatic carbocycles. The average Bonchev–Trinajstić information content (AvgIpc) is 2.91. The first-order chi connectivity index (χ1) is 12.6. The first kappa shape index (κ1) is 21.0. The molecular formula is C17H22ClN5O3S. The molecule has 2 rings (SSSR count). The maximum Gasteiger partial charge on any atom is 0.321 e. The van der Waals surface area contributed by atoms with Gasteiger partial charge in [-0.3, -0.25) is 10.1 Å². The molecule has 146 valence electrons. The first-order valence-corrected chi connectivity index (χ1v) is 9.52. The summed E-state index contributed by atoms with van der Waals surface area (Å²) >= 11 is 7.02. The van der Waals surface area contributed by atoms with Crippen LogP contribution in [-0.2, 0) is 18.4 Å². The van der Waals surface area contributed by atoms with Crippen molar-refractivity contribution in [2.24, 2.45) is 7.05 Å². The maximum absolute atomic E-state index is 11.9. The van der Waals surface area contributed by atoms with E-state index >= 15 is 0 Å². The van der Waals surface area contributed by atoms with E-state index in [9.17, 15) is 9.59 Å². The number of carbonyl (C=O) groups excluding carboxylic acids is 2. The summed E-state index contributed by atoms with van der Waals surface area (Å²) in [7, 11) is 1.78. The zero-order valence-corrected chi connectivity index (χ0v) is 17.1. The molecule has 10 heteroatoms. The lowest BCUT2D eigenvalue weighted by Crippen LogP contribution is -2.48. The third-order valence-electron chi connectivity index (χ3n) is 3.18. The Morgan fingerprint density at radius 1 is 1.22 bits per heavy atom. The van der Waals surface area contributed by atoms with E-state index in [0.717, 1.165) is 0 Å². The summed E-state index contributed by atoms with van der Waals surface area (Å²) in [6.07, 6.45) is 0. The summed E-state index contributed by atoms with van der Waals surface area (Å²) in [5, 5.41) is 14.2. The minimum absolute atomic E-state index is 0.0432. The number of imide groups is 1. The van der Waals surface area contributed by atoms with Crippen LogP contribution < -0.4 is 15.4 Å². The number of aromatic nitrogens is 3. The van der Waals surface area contributed by atoms with E-state index in [4.69, 9.17) is 16.3 Å². The van der Waals surface area contributed by atoms with Gasteiger partial charge in [0.05, 0.1) is 5.75 Å². The number of amides is 3. The van der Waals surface area contributed by atoms with E-state index in [1.165, 1.54) is 11.8 Å². The molecule has 1 heterocycles. The Hall–Kier alpha value is -2.26. The number of halogens is 1. The standard InChI is InChI=1S/C17H22ClN5O3S/c1-17(2,3)20-15(25)19-14(24)10-27-16-22-21-13(23(16)4)9-26-12-7-5-11(18)6-8-12/h5-8H,9-10H2,1-4H3,(H2,19,20,24,25). The zero-order valence-electron chi connectivity index (χ0n) is 15.6. The van der Waals surface area contributed by atoms with Gasteiger partial charge in [0.2, 0.25) is 5.91 Å². The molecule has 0 unspecified atom stereocenters. The minimum atomic E-state index is -0.525.